The Labute approximate surface area is 111 Å². The lowest BCUT2D eigenvalue weighted by Gasteiger charge is -2.41. The maximum Gasteiger partial charge on any atom is 0.0573 e. The first-order chi connectivity index (χ1) is 8.58. The molecule has 1 aliphatic heterocycles. The van der Waals surface area contributed by atoms with Gasteiger partial charge >= 0.3 is 0 Å². The number of nitrogens with one attached hydrogen (secondary N) is 1. The van der Waals surface area contributed by atoms with Crippen molar-refractivity contribution >= 4 is 0 Å². The summed E-state index contributed by atoms with van der Waals surface area (Å²) in [6.45, 7) is 12.2. The largest absolute Gasteiger partial charge is 0.311 e. The molecule has 18 heavy (non-hydrogen) atoms. The van der Waals surface area contributed by atoms with Crippen LogP contribution in [0.4, 0.5) is 0 Å². The normalized spacial score (nSPS) is 25.6. The second-order valence-corrected chi connectivity index (χ2v) is 5.82. The minimum Gasteiger partial charge on any atom is -0.311 e. The van der Waals surface area contributed by atoms with E-state index in [0.29, 0.717) is 18.0 Å². The van der Waals surface area contributed by atoms with Gasteiger partial charge in [-0.3, -0.25) is 9.88 Å². The van der Waals surface area contributed by atoms with Crippen LogP contribution >= 0.6 is 0 Å². The van der Waals surface area contributed by atoms with Crippen LogP contribution in [0.1, 0.15) is 32.0 Å². The number of hydrogen-bond donors (Lipinski definition) is 1. The number of aryl methyl sites for hydroxylation is 1. The van der Waals surface area contributed by atoms with E-state index < -0.39 is 0 Å². The number of aromatic nitrogens is 1. The van der Waals surface area contributed by atoms with Gasteiger partial charge in [0.1, 0.15) is 0 Å². The highest BCUT2D eigenvalue weighted by atomic mass is 15.2. The van der Waals surface area contributed by atoms with E-state index in [0.717, 1.165) is 19.6 Å². The molecule has 1 aromatic heterocycles. The van der Waals surface area contributed by atoms with Gasteiger partial charge in [0, 0.05) is 37.9 Å². The van der Waals surface area contributed by atoms with E-state index in [1.54, 1.807) is 0 Å². The van der Waals surface area contributed by atoms with Crippen LogP contribution in [0.15, 0.2) is 18.3 Å². The molecule has 2 rings (SSSR count). The van der Waals surface area contributed by atoms with Crippen LogP contribution in [0.5, 0.6) is 0 Å². The summed E-state index contributed by atoms with van der Waals surface area (Å²) in [5, 5.41) is 3.58. The molecule has 100 valence electrons. The highest BCUT2D eigenvalue weighted by Crippen LogP contribution is 2.18. The zero-order valence-corrected chi connectivity index (χ0v) is 12.0. The summed E-state index contributed by atoms with van der Waals surface area (Å²) in [5.41, 5.74) is 2.52. The number of hydrogen-bond acceptors (Lipinski definition) is 3. The molecule has 0 spiro atoms. The third kappa shape index (κ3) is 3.09. The molecule has 0 amide bonds. The maximum atomic E-state index is 4.53. The van der Waals surface area contributed by atoms with Gasteiger partial charge in [0.05, 0.1) is 5.69 Å². The van der Waals surface area contributed by atoms with Crippen molar-refractivity contribution in [3.63, 3.8) is 0 Å². The Balaban J connectivity index is 2.11. The molecule has 0 aromatic carbocycles. The summed E-state index contributed by atoms with van der Waals surface area (Å²) >= 11 is 0. The average molecular weight is 247 g/mol. The smallest absolute Gasteiger partial charge is 0.0573 e. The van der Waals surface area contributed by atoms with Gasteiger partial charge in [-0.1, -0.05) is 19.9 Å². The van der Waals surface area contributed by atoms with Crippen molar-refractivity contribution in [3.05, 3.63) is 29.6 Å². The molecule has 0 bridgehead atoms. The molecule has 1 aromatic rings. The lowest BCUT2D eigenvalue weighted by molar-refractivity contribution is 0.0941. The van der Waals surface area contributed by atoms with Crippen molar-refractivity contribution in [2.75, 3.05) is 13.1 Å². The maximum absolute atomic E-state index is 4.53. The van der Waals surface area contributed by atoms with Crippen molar-refractivity contribution in [3.8, 4) is 0 Å². The fraction of sp³-hybridized carbons (Fsp3) is 0.667. The summed E-state index contributed by atoms with van der Waals surface area (Å²) < 4.78 is 0. The van der Waals surface area contributed by atoms with Crippen LogP contribution in [-0.2, 0) is 6.54 Å². The number of nitrogens with zero attached hydrogens (tertiary/aromatic N) is 2. The molecule has 2 unspecified atom stereocenters. The molecular formula is C15H25N3. The Bertz CT molecular complexity index is 389. The molecule has 2 heterocycles. The summed E-state index contributed by atoms with van der Waals surface area (Å²) in [5.74, 6) is 0.675. The molecule has 3 nitrogen and oxygen atoms in total. The Morgan fingerprint density at radius 3 is 2.94 bits per heavy atom. The standard InChI is InChI=1S/C15H25N3/c1-11(2)15-8-17-13(4)9-18(15)10-14-12(3)6-5-7-16-14/h5-7,11,13,15,17H,8-10H2,1-4H3. The quantitative estimate of drug-likeness (QED) is 0.887. The highest BCUT2D eigenvalue weighted by molar-refractivity contribution is 5.17. The monoisotopic (exact) mass is 247 g/mol. The summed E-state index contributed by atoms with van der Waals surface area (Å²) in [6.07, 6.45) is 1.90. The van der Waals surface area contributed by atoms with E-state index in [2.05, 4.69) is 49.0 Å². The predicted molar refractivity (Wildman–Crippen MR) is 75.5 cm³/mol. The molecule has 0 radical (unpaired) electrons. The zero-order valence-electron chi connectivity index (χ0n) is 12.0. The zero-order chi connectivity index (χ0) is 13.1. The molecule has 0 aliphatic carbocycles. The van der Waals surface area contributed by atoms with Crippen molar-refractivity contribution in [2.24, 2.45) is 5.92 Å². The lowest BCUT2D eigenvalue weighted by Crippen LogP contribution is -2.56. The van der Waals surface area contributed by atoms with Crippen LogP contribution in [0.2, 0.25) is 0 Å². The molecule has 1 aliphatic rings. The van der Waals surface area contributed by atoms with Gasteiger partial charge in [0.2, 0.25) is 0 Å². The molecule has 1 saturated heterocycles. The van der Waals surface area contributed by atoms with Crippen molar-refractivity contribution in [1.29, 1.82) is 0 Å². The van der Waals surface area contributed by atoms with E-state index in [1.165, 1.54) is 11.3 Å². The topological polar surface area (TPSA) is 28.2 Å². The van der Waals surface area contributed by atoms with Crippen LogP contribution in [0, 0.1) is 12.8 Å². The van der Waals surface area contributed by atoms with Crippen LogP contribution in [0.25, 0.3) is 0 Å². The van der Waals surface area contributed by atoms with E-state index in [1.807, 2.05) is 12.3 Å². The van der Waals surface area contributed by atoms with Crippen molar-refractivity contribution in [1.82, 2.24) is 15.2 Å². The second-order valence-electron chi connectivity index (χ2n) is 5.82. The summed E-state index contributed by atoms with van der Waals surface area (Å²) in [4.78, 5) is 7.11. The van der Waals surface area contributed by atoms with E-state index in [-0.39, 0.29) is 0 Å². The van der Waals surface area contributed by atoms with Gasteiger partial charge in [-0.05, 0) is 31.4 Å². The Hall–Kier alpha value is -0.930. The van der Waals surface area contributed by atoms with E-state index in [9.17, 15) is 0 Å². The van der Waals surface area contributed by atoms with Gasteiger partial charge in [-0.15, -0.1) is 0 Å². The third-order valence-electron chi connectivity index (χ3n) is 3.89. The number of pyridine rings is 1. The summed E-state index contributed by atoms with van der Waals surface area (Å²) in [7, 11) is 0. The van der Waals surface area contributed by atoms with Gasteiger partial charge in [0.15, 0.2) is 0 Å². The number of rotatable bonds is 3. The number of piperazine rings is 1. The van der Waals surface area contributed by atoms with Crippen molar-refractivity contribution in [2.45, 2.75) is 46.3 Å². The minimum absolute atomic E-state index is 0.573. The molecule has 2 atom stereocenters. The van der Waals surface area contributed by atoms with Gasteiger partial charge < -0.3 is 5.32 Å². The first-order valence-electron chi connectivity index (χ1n) is 6.96. The van der Waals surface area contributed by atoms with Gasteiger partial charge in [0.25, 0.3) is 0 Å². The van der Waals surface area contributed by atoms with Crippen LogP contribution in [0.3, 0.4) is 0 Å². The van der Waals surface area contributed by atoms with Gasteiger partial charge in [-0.2, -0.15) is 0 Å². The first-order valence-corrected chi connectivity index (χ1v) is 6.96. The SMILES string of the molecule is Cc1cccnc1CN1CC(C)NCC1C(C)C. The molecule has 0 saturated carbocycles. The molecule has 1 N–H and O–H groups in total. The average Bonchev–Trinajstić information content (AvgIpc) is 2.32. The molecule has 3 heteroatoms. The summed E-state index contributed by atoms with van der Waals surface area (Å²) in [6, 6.07) is 5.35. The first kappa shape index (κ1) is 13.5. The van der Waals surface area contributed by atoms with Crippen molar-refractivity contribution < 1.29 is 0 Å². The fourth-order valence-electron chi connectivity index (χ4n) is 2.72. The van der Waals surface area contributed by atoms with Gasteiger partial charge in [-0.25, -0.2) is 0 Å². The van der Waals surface area contributed by atoms with E-state index >= 15 is 0 Å². The molecule has 1 fully saturated rings. The lowest BCUT2D eigenvalue weighted by atomic mass is 9.98. The molecular weight excluding hydrogens is 222 g/mol. The third-order valence-corrected chi connectivity index (χ3v) is 3.89. The minimum atomic E-state index is 0.573. The van der Waals surface area contributed by atoms with E-state index in [4.69, 9.17) is 0 Å². The Kier molecular flexibility index (Phi) is 4.36. The highest BCUT2D eigenvalue weighted by Gasteiger charge is 2.28. The van der Waals surface area contributed by atoms with Crippen LogP contribution < -0.4 is 5.32 Å². The Morgan fingerprint density at radius 1 is 1.50 bits per heavy atom. The Morgan fingerprint density at radius 2 is 2.28 bits per heavy atom. The second kappa shape index (κ2) is 5.81. The fourth-order valence-corrected chi connectivity index (χ4v) is 2.72. The van der Waals surface area contributed by atoms with Crippen LogP contribution in [-0.4, -0.2) is 35.1 Å². The predicted octanol–water partition coefficient (Wildman–Crippen LogP) is 2.21.